The molecule has 7 heteroatoms. The van der Waals surface area contributed by atoms with Crippen LogP contribution >= 0.6 is 0 Å². The molecule has 1 saturated carbocycles. The van der Waals surface area contributed by atoms with E-state index in [0.717, 1.165) is 43.9 Å². The number of benzene rings is 1. The molecule has 2 aromatic heterocycles. The molecule has 148 valence electrons. The summed E-state index contributed by atoms with van der Waals surface area (Å²) in [7, 11) is 2.11. The summed E-state index contributed by atoms with van der Waals surface area (Å²) in [5.41, 5.74) is 3.04. The Morgan fingerprint density at radius 3 is 2.24 bits per heavy atom. The van der Waals surface area contributed by atoms with E-state index in [1.165, 1.54) is 5.56 Å². The highest BCUT2D eigenvalue weighted by molar-refractivity contribution is 5.53. The fourth-order valence-electron chi connectivity index (χ4n) is 4.04. The largest absolute Gasteiger partial charge is 0.367 e. The molecule has 0 N–H and O–H groups in total. The van der Waals surface area contributed by atoms with E-state index in [2.05, 4.69) is 36.8 Å². The standard InChI is InChI=1S/C22H23FN6/c1-28-7-9-29(10-8-28)20-11-15(3-4-19(20)23)17-12-18(17)16-13-26-22(27-14-16)21-24-5-2-6-25-21/h2-6,11,13-14,17-18H,7-10,12H2,1H3/t17-,18-/m0/s1. The third kappa shape index (κ3) is 3.70. The van der Waals surface area contributed by atoms with Gasteiger partial charge in [-0.15, -0.1) is 0 Å². The molecule has 0 radical (unpaired) electrons. The summed E-state index contributed by atoms with van der Waals surface area (Å²) >= 11 is 0. The Kier molecular flexibility index (Phi) is 4.67. The van der Waals surface area contributed by atoms with Gasteiger partial charge in [0, 0.05) is 51.0 Å². The summed E-state index contributed by atoms with van der Waals surface area (Å²) in [6.07, 6.45) is 8.15. The predicted octanol–water partition coefficient (Wildman–Crippen LogP) is 3.10. The third-order valence-corrected chi connectivity index (χ3v) is 5.90. The molecule has 2 atom stereocenters. The monoisotopic (exact) mass is 390 g/mol. The lowest BCUT2D eigenvalue weighted by Crippen LogP contribution is -2.44. The zero-order valence-electron chi connectivity index (χ0n) is 16.4. The minimum absolute atomic E-state index is 0.133. The highest BCUT2D eigenvalue weighted by Gasteiger charge is 2.40. The number of rotatable bonds is 4. The molecule has 1 aliphatic heterocycles. The molecular weight excluding hydrogens is 367 g/mol. The van der Waals surface area contributed by atoms with E-state index < -0.39 is 0 Å². The van der Waals surface area contributed by atoms with Crippen molar-refractivity contribution in [3.63, 3.8) is 0 Å². The van der Waals surface area contributed by atoms with Gasteiger partial charge in [0.05, 0.1) is 5.69 Å². The molecule has 0 bridgehead atoms. The van der Waals surface area contributed by atoms with Crippen molar-refractivity contribution in [2.24, 2.45) is 0 Å². The van der Waals surface area contributed by atoms with Crippen molar-refractivity contribution in [3.05, 3.63) is 66.0 Å². The van der Waals surface area contributed by atoms with Gasteiger partial charge >= 0.3 is 0 Å². The fourth-order valence-corrected chi connectivity index (χ4v) is 4.04. The Balaban J connectivity index is 1.32. The van der Waals surface area contributed by atoms with Crippen LogP contribution in [0.15, 0.2) is 49.1 Å². The van der Waals surface area contributed by atoms with E-state index in [0.29, 0.717) is 23.5 Å². The Morgan fingerprint density at radius 2 is 1.52 bits per heavy atom. The topological polar surface area (TPSA) is 58.0 Å². The van der Waals surface area contributed by atoms with Gasteiger partial charge in [-0.25, -0.2) is 24.3 Å². The molecule has 0 unspecified atom stereocenters. The molecule has 1 aliphatic carbocycles. The molecule has 0 amide bonds. The Labute approximate surface area is 169 Å². The molecule has 29 heavy (non-hydrogen) atoms. The van der Waals surface area contributed by atoms with Crippen molar-refractivity contribution in [3.8, 4) is 11.6 Å². The van der Waals surface area contributed by atoms with Crippen molar-refractivity contribution >= 4 is 5.69 Å². The van der Waals surface area contributed by atoms with E-state index in [4.69, 9.17) is 0 Å². The average Bonchev–Trinajstić information content (AvgIpc) is 3.57. The maximum absolute atomic E-state index is 14.5. The minimum Gasteiger partial charge on any atom is -0.367 e. The van der Waals surface area contributed by atoms with Gasteiger partial charge in [0.25, 0.3) is 0 Å². The fraction of sp³-hybridized carbons (Fsp3) is 0.364. The SMILES string of the molecule is CN1CCN(c2cc([C@@H]3C[C@H]3c3cnc(-c4ncccn4)nc3)ccc2F)CC1. The highest BCUT2D eigenvalue weighted by atomic mass is 19.1. The number of aromatic nitrogens is 4. The molecule has 0 spiro atoms. The van der Waals surface area contributed by atoms with Crippen molar-refractivity contribution in [1.82, 2.24) is 24.8 Å². The molecular formula is C22H23FN6. The first-order chi connectivity index (χ1) is 14.2. The van der Waals surface area contributed by atoms with Crippen LogP contribution in [0.3, 0.4) is 0 Å². The first-order valence-corrected chi connectivity index (χ1v) is 10.0. The number of piperazine rings is 1. The zero-order valence-corrected chi connectivity index (χ0v) is 16.4. The highest BCUT2D eigenvalue weighted by Crippen LogP contribution is 2.54. The Morgan fingerprint density at radius 1 is 0.862 bits per heavy atom. The van der Waals surface area contributed by atoms with Gasteiger partial charge in [0.15, 0.2) is 11.6 Å². The van der Waals surface area contributed by atoms with Crippen LogP contribution in [0.25, 0.3) is 11.6 Å². The lowest BCUT2D eigenvalue weighted by molar-refractivity contribution is 0.311. The maximum Gasteiger partial charge on any atom is 0.197 e. The smallest absolute Gasteiger partial charge is 0.197 e. The normalized spacial score (nSPS) is 21.9. The van der Waals surface area contributed by atoms with Gasteiger partial charge in [-0.2, -0.15) is 0 Å². The summed E-state index contributed by atoms with van der Waals surface area (Å²) in [6.45, 7) is 3.65. The van der Waals surface area contributed by atoms with Crippen LogP contribution < -0.4 is 4.90 Å². The van der Waals surface area contributed by atoms with E-state index in [1.807, 2.05) is 24.5 Å². The predicted molar refractivity (Wildman–Crippen MR) is 109 cm³/mol. The second kappa shape index (κ2) is 7.48. The van der Waals surface area contributed by atoms with Crippen LogP contribution in [0.4, 0.5) is 10.1 Å². The first kappa shape index (κ1) is 18.1. The first-order valence-electron chi connectivity index (χ1n) is 10.0. The van der Waals surface area contributed by atoms with Crippen molar-refractivity contribution in [1.29, 1.82) is 0 Å². The molecule has 2 aliphatic rings. The number of anilines is 1. The number of halogens is 1. The lowest BCUT2D eigenvalue weighted by Gasteiger charge is -2.34. The third-order valence-electron chi connectivity index (χ3n) is 5.90. The second-order valence-corrected chi connectivity index (χ2v) is 7.86. The van der Waals surface area contributed by atoms with Crippen LogP contribution in [0.5, 0.6) is 0 Å². The zero-order chi connectivity index (χ0) is 19.8. The molecule has 6 nitrogen and oxygen atoms in total. The molecule has 5 rings (SSSR count). The molecule has 2 fully saturated rings. The van der Waals surface area contributed by atoms with Gasteiger partial charge in [-0.05, 0) is 54.6 Å². The van der Waals surface area contributed by atoms with Gasteiger partial charge in [-0.3, -0.25) is 0 Å². The van der Waals surface area contributed by atoms with Gasteiger partial charge in [-0.1, -0.05) is 6.07 Å². The molecule has 1 aromatic carbocycles. The van der Waals surface area contributed by atoms with Crippen LogP contribution in [0.2, 0.25) is 0 Å². The number of hydrogen-bond acceptors (Lipinski definition) is 6. The summed E-state index contributed by atoms with van der Waals surface area (Å²) in [4.78, 5) is 21.7. The number of likely N-dealkylation sites (N-methyl/N-ethyl adjacent to an activating group) is 1. The van der Waals surface area contributed by atoms with E-state index in [1.54, 1.807) is 24.5 Å². The molecule has 3 heterocycles. The van der Waals surface area contributed by atoms with E-state index >= 15 is 0 Å². The van der Waals surface area contributed by atoms with E-state index in [9.17, 15) is 4.39 Å². The maximum atomic E-state index is 14.5. The van der Waals surface area contributed by atoms with Crippen LogP contribution in [0, 0.1) is 5.82 Å². The summed E-state index contributed by atoms with van der Waals surface area (Å²) in [5.74, 6) is 1.70. The number of hydrogen-bond donors (Lipinski definition) is 0. The van der Waals surface area contributed by atoms with Crippen molar-refractivity contribution in [2.75, 3.05) is 38.1 Å². The van der Waals surface area contributed by atoms with Gasteiger partial charge < -0.3 is 9.80 Å². The number of nitrogens with zero attached hydrogens (tertiary/aromatic N) is 6. The van der Waals surface area contributed by atoms with Gasteiger partial charge in [0.1, 0.15) is 5.82 Å². The second-order valence-electron chi connectivity index (χ2n) is 7.86. The Hall–Kier alpha value is -2.93. The molecule has 1 saturated heterocycles. The van der Waals surface area contributed by atoms with Crippen molar-refractivity contribution in [2.45, 2.75) is 18.3 Å². The molecule has 3 aromatic rings. The van der Waals surface area contributed by atoms with Crippen LogP contribution in [0.1, 0.15) is 29.4 Å². The minimum atomic E-state index is -0.133. The van der Waals surface area contributed by atoms with E-state index in [-0.39, 0.29) is 5.82 Å². The summed E-state index contributed by atoms with van der Waals surface area (Å²) < 4.78 is 14.5. The van der Waals surface area contributed by atoms with Crippen molar-refractivity contribution < 1.29 is 4.39 Å². The summed E-state index contributed by atoms with van der Waals surface area (Å²) in [6, 6.07) is 7.35. The Bertz CT molecular complexity index is 986. The van der Waals surface area contributed by atoms with Crippen LogP contribution in [-0.4, -0.2) is 58.1 Å². The summed E-state index contributed by atoms with van der Waals surface area (Å²) in [5, 5.41) is 0. The van der Waals surface area contributed by atoms with Crippen LogP contribution in [-0.2, 0) is 0 Å². The average molecular weight is 390 g/mol. The quantitative estimate of drug-likeness (QED) is 0.682. The van der Waals surface area contributed by atoms with Gasteiger partial charge in [0.2, 0.25) is 0 Å². The lowest BCUT2D eigenvalue weighted by atomic mass is 10.0.